The fourth-order valence-electron chi connectivity index (χ4n) is 3.41. The van der Waals surface area contributed by atoms with Crippen molar-refractivity contribution < 1.29 is 47.7 Å². The normalized spacial score (nSPS) is 21.2. The molecule has 0 saturated carbocycles. The Bertz CT molecular complexity index is 666. The maximum Gasteiger partial charge on any atom is -1.00 e. The van der Waals surface area contributed by atoms with Crippen molar-refractivity contribution in [2.45, 2.75) is 38.3 Å². The van der Waals surface area contributed by atoms with Crippen LogP contribution in [0.4, 0.5) is 0 Å². The van der Waals surface area contributed by atoms with Crippen LogP contribution in [0.1, 0.15) is 49.4 Å². The molecule has 0 amide bonds. The zero-order valence-corrected chi connectivity index (χ0v) is 18.9. The molecule has 116 valence electrons. The molecule has 1 unspecified atom stereocenters. The molecule has 3 heteroatoms. The van der Waals surface area contributed by atoms with Crippen LogP contribution in [0.3, 0.4) is 0 Å². The zero-order chi connectivity index (χ0) is 14.5. The van der Waals surface area contributed by atoms with Crippen LogP contribution in [0.25, 0.3) is 6.08 Å². The van der Waals surface area contributed by atoms with Crippen LogP contribution in [-0.2, 0) is 22.9 Å². The molecule has 0 aromatic heterocycles. The van der Waals surface area contributed by atoms with E-state index >= 15 is 0 Å². The first-order valence-corrected chi connectivity index (χ1v) is 11.2. The molecule has 0 spiro atoms. The summed E-state index contributed by atoms with van der Waals surface area (Å²) in [6.07, 6.45) is 4.80. The quantitative estimate of drug-likeness (QED) is 0.481. The number of rotatable bonds is 2. The van der Waals surface area contributed by atoms with Crippen LogP contribution in [0.2, 0.25) is 0 Å². The molecule has 0 radical (unpaired) electrons. The van der Waals surface area contributed by atoms with E-state index in [4.69, 9.17) is 0 Å². The predicted molar refractivity (Wildman–Crippen MR) is 83.1 cm³/mol. The summed E-state index contributed by atoms with van der Waals surface area (Å²) in [6, 6.07) is 8.93. The van der Waals surface area contributed by atoms with E-state index in [2.05, 4.69) is 71.0 Å². The molecule has 0 heterocycles. The van der Waals surface area contributed by atoms with Crippen LogP contribution in [-0.4, -0.2) is 0 Å². The van der Waals surface area contributed by atoms with Crippen molar-refractivity contribution >= 4 is 6.08 Å². The van der Waals surface area contributed by atoms with E-state index in [0.717, 1.165) is 3.67 Å². The second-order valence-electron chi connectivity index (χ2n) is 6.49. The van der Waals surface area contributed by atoms with Gasteiger partial charge >= 0.3 is 134 Å². The SMILES string of the molecule is CC1=C(C)C(C)(C)[C]([Hf+2][CH]2C=Cc3ccccc32)=C1C.[Cl-].[Cl-]. The first-order valence-electron chi connectivity index (χ1n) is 7.36. The van der Waals surface area contributed by atoms with E-state index < -0.39 is 22.9 Å². The second kappa shape index (κ2) is 7.20. The molecular formula is C19H22Cl2Hf. The van der Waals surface area contributed by atoms with Crippen molar-refractivity contribution in [3.63, 3.8) is 0 Å². The van der Waals surface area contributed by atoms with E-state index in [1.165, 1.54) is 5.56 Å². The third kappa shape index (κ3) is 3.09. The zero-order valence-electron chi connectivity index (χ0n) is 13.8. The topological polar surface area (TPSA) is 0 Å². The van der Waals surface area contributed by atoms with Gasteiger partial charge in [0.1, 0.15) is 0 Å². The standard InChI is InChI=1S/C10H15.C9H7.2ClH.Hf/c1-7-6-10(4,5)9(3)8(7)2;1-2-5-9-7-3-6-8(9)4-1;;;/h1-5H3;1-7H;2*1H;/q;;;;+2/p-2. The molecule has 1 atom stereocenters. The van der Waals surface area contributed by atoms with E-state index in [-0.39, 0.29) is 24.8 Å². The second-order valence-corrected chi connectivity index (χ2v) is 11.6. The van der Waals surface area contributed by atoms with Gasteiger partial charge in [0, 0.05) is 0 Å². The van der Waals surface area contributed by atoms with Crippen molar-refractivity contribution in [2.75, 3.05) is 0 Å². The van der Waals surface area contributed by atoms with Crippen LogP contribution in [0, 0.1) is 5.41 Å². The van der Waals surface area contributed by atoms with Crippen molar-refractivity contribution in [2.24, 2.45) is 5.41 Å². The summed E-state index contributed by atoms with van der Waals surface area (Å²) in [6.45, 7) is 11.8. The number of allylic oxidation sites excluding steroid dienone is 5. The number of fused-ring (bicyclic) bond motifs is 1. The third-order valence-electron chi connectivity index (χ3n) is 5.16. The average Bonchev–Trinajstić information content (AvgIpc) is 2.90. The van der Waals surface area contributed by atoms with Crippen LogP contribution < -0.4 is 24.8 Å². The van der Waals surface area contributed by atoms with Gasteiger partial charge in [-0.3, -0.25) is 0 Å². The van der Waals surface area contributed by atoms with E-state index in [9.17, 15) is 0 Å². The first-order chi connectivity index (χ1) is 9.43. The monoisotopic (exact) mass is 500 g/mol. The molecule has 0 aliphatic heterocycles. The van der Waals surface area contributed by atoms with Crippen LogP contribution in [0.5, 0.6) is 0 Å². The molecule has 3 rings (SSSR count). The number of halogens is 2. The Kier molecular flexibility index (Phi) is 6.52. The van der Waals surface area contributed by atoms with Gasteiger partial charge < -0.3 is 24.8 Å². The molecular weight excluding hydrogens is 478 g/mol. The fraction of sp³-hybridized carbons (Fsp3) is 0.368. The summed E-state index contributed by atoms with van der Waals surface area (Å²) in [7, 11) is 0. The molecule has 2 aliphatic carbocycles. The van der Waals surface area contributed by atoms with Gasteiger partial charge in [0.2, 0.25) is 0 Å². The number of hydrogen-bond donors (Lipinski definition) is 0. The van der Waals surface area contributed by atoms with Gasteiger partial charge in [0.15, 0.2) is 0 Å². The van der Waals surface area contributed by atoms with Gasteiger partial charge in [-0.25, -0.2) is 0 Å². The molecule has 1 aromatic carbocycles. The Labute approximate surface area is 158 Å². The van der Waals surface area contributed by atoms with Crippen molar-refractivity contribution in [3.8, 4) is 0 Å². The van der Waals surface area contributed by atoms with Crippen molar-refractivity contribution in [1.29, 1.82) is 0 Å². The number of hydrogen-bond acceptors (Lipinski definition) is 0. The minimum Gasteiger partial charge on any atom is -1.00 e. The van der Waals surface area contributed by atoms with Crippen molar-refractivity contribution in [1.82, 2.24) is 0 Å². The summed E-state index contributed by atoms with van der Waals surface area (Å²) >= 11 is -0.893. The van der Waals surface area contributed by atoms with Gasteiger partial charge in [-0.1, -0.05) is 0 Å². The summed E-state index contributed by atoms with van der Waals surface area (Å²) in [5.74, 6) is 0. The predicted octanol–water partition coefficient (Wildman–Crippen LogP) is -0.505. The molecule has 22 heavy (non-hydrogen) atoms. The first kappa shape index (κ1) is 19.9. The summed E-state index contributed by atoms with van der Waals surface area (Å²) < 4.78 is 2.56. The van der Waals surface area contributed by atoms with E-state index in [0.29, 0.717) is 5.41 Å². The van der Waals surface area contributed by atoms with E-state index in [1.54, 1.807) is 22.3 Å². The molecule has 0 N–H and O–H groups in total. The van der Waals surface area contributed by atoms with Gasteiger partial charge in [0.25, 0.3) is 0 Å². The third-order valence-corrected chi connectivity index (χ3v) is 12.7. The maximum atomic E-state index is 2.47. The average molecular weight is 500 g/mol. The van der Waals surface area contributed by atoms with Crippen LogP contribution >= 0.6 is 0 Å². The minimum atomic E-state index is -0.893. The Morgan fingerprint density at radius 2 is 1.59 bits per heavy atom. The summed E-state index contributed by atoms with van der Waals surface area (Å²) in [5, 5.41) is 0. The fourth-order valence-corrected chi connectivity index (χ4v) is 10.1. The molecule has 2 aliphatic rings. The summed E-state index contributed by atoms with van der Waals surface area (Å²) in [5.41, 5.74) is 8.08. The molecule has 0 nitrogen and oxygen atoms in total. The maximum absolute atomic E-state index is 2.47. The summed E-state index contributed by atoms with van der Waals surface area (Å²) in [4.78, 5) is 0. The Balaban J connectivity index is 0.00000121. The minimum absolute atomic E-state index is 0. The largest absolute Gasteiger partial charge is 1.00 e. The molecule has 0 saturated heterocycles. The Hall–Kier alpha value is -0.110. The van der Waals surface area contributed by atoms with Gasteiger partial charge in [-0.15, -0.1) is 0 Å². The van der Waals surface area contributed by atoms with Crippen molar-refractivity contribution in [3.05, 3.63) is 61.5 Å². The smallest absolute Gasteiger partial charge is 1.00 e. The Morgan fingerprint density at radius 3 is 2.18 bits per heavy atom. The van der Waals surface area contributed by atoms with Crippen LogP contribution in [0.15, 0.2) is 50.4 Å². The molecule has 0 fully saturated rings. The van der Waals surface area contributed by atoms with Gasteiger partial charge in [-0.2, -0.15) is 0 Å². The Morgan fingerprint density at radius 1 is 0.955 bits per heavy atom. The van der Waals surface area contributed by atoms with E-state index in [1.807, 2.05) is 3.33 Å². The van der Waals surface area contributed by atoms with Gasteiger partial charge in [0.05, 0.1) is 0 Å². The van der Waals surface area contributed by atoms with Gasteiger partial charge in [-0.05, 0) is 0 Å². The molecule has 1 aromatic rings. The number of benzene rings is 1. The molecule has 0 bridgehead atoms.